The summed E-state index contributed by atoms with van der Waals surface area (Å²) in [6, 6.07) is 12.4. The summed E-state index contributed by atoms with van der Waals surface area (Å²) >= 11 is 0. The van der Waals surface area contributed by atoms with Crippen molar-refractivity contribution in [1.29, 1.82) is 0 Å². The molecule has 25 heavy (non-hydrogen) atoms. The number of anilines is 2. The first kappa shape index (κ1) is 18.5. The topological polar surface area (TPSA) is 93.4 Å². The van der Waals surface area contributed by atoms with Crippen LogP contribution in [0.5, 0.6) is 5.75 Å². The van der Waals surface area contributed by atoms with E-state index in [1.165, 1.54) is 7.11 Å². The van der Waals surface area contributed by atoms with Gasteiger partial charge >= 0.3 is 0 Å². The Balaban J connectivity index is 2.11. The van der Waals surface area contributed by atoms with Crippen LogP contribution in [0, 0.1) is 6.92 Å². The summed E-state index contributed by atoms with van der Waals surface area (Å²) in [4.78, 5) is 24.1. The number of carbonyl (C=O) groups excluding carboxylic acids is 2. The van der Waals surface area contributed by atoms with E-state index in [9.17, 15) is 9.59 Å². The highest BCUT2D eigenvalue weighted by atomic mass is 16.5. The monoisotopic (exact) mass is 341 g/mol. The molecule has 0 unspecified atom stereocenters. The molecule has 6 heteroatoms. The maximum Gasteiger partial charge on any atom is 0.255 e. The smallest absolute Gasteiger partial charge is 0.255 e. The number of methoxy groups -OCH3 is 1. The van der Waals surface area contributed by atoms with Crippen LogP contribution in [0.3, 0.4) is 0 Å². The number of ether oxygens (including phenoxy) is 1. The molecule has 6 nitrogen and oxygen atoms in total. The zero-order valence-corrected chi connectivity index (χ0v) is 14.5. The van der Waals surface area contributed by atoms with Gasteiger partial charge in [0.05, 0.1) is 12.8 Å². The molecule has 0 heterocycles. The summed E-state index contributed by atoms with van der Waals surface area (Å²) < 4.78 is 5.32. The SMILES string of the molecule is COc1cc(NC(=O)CCCN)ccc1NC(=O)c1cccc(C)c1. The van der Waals surface area contributed by atoms with E-state index in [4.69, 9.17) is 10.5 Å². The van der Waals surface area contributed by atoms with Gasteiger partial charge in [0.15, 0.2) is 0 Å². The van der Waals surface area contributed by atoms with E-state index in [2.05, 4.69) is 10.6 Å². The molecule has 0 aliphatic rings. The minimum atomic E-state index is -0.221. The Morgan fingerprint density at radius 3 is 2.60 bits per heavy atom. The molecule has 2 aromatic carbocycles. The highest BCUT2D eigenvalue weighted by molar-refractivity contribution is 6.05. The third kappa shape index (κ3) is 5.32. The van der Waals surface area contributed by atoms with E-state index < -0.39 is 0 Å². The maximum atomic E-state index is 12.4. The minimum Gasteiger partial charge on any atom is -0.494 e. The van der Waals surface area contributed by atoms with Gasteiger partial charge < -0.3 is 21.1 Å². The Morgan fingerprint density at radius 1 is 1.12 bits per heavy atom. The predicted octanol–water partition coefficient (Wildman–Crippen LogP) is 2.93. The number of benzene rings is 2. The molecule has 2 aromatic rings. The minimum absolute atomic E-state index is 0.107. The van der Waals surface area contributed by atoms with Gasteiger partial charge in [-0.3, -0.25) is 9.59 Å². The average Bonchev–Trinajstić information content (AvgIpc) is 2.61. The van der Waals surface area contributed by atoms with Crippen molar-refractivity contribution in [2.75, 3.05) is 24.3 Å². The van der Waals surface area contributed by atoms with Gasteiger partial charge in [0.1, 0.15) is 5.75 Å². The Hall–Kier alpha value is -2.86. The van der Waals surface area contributed by atoms with Gasteiger partial charge in [0.2, 0.25) is 5.91 Å². The summed E-state index contributed by atoms with van der Waals surface area (Å²) in [5.41, 5.74) is 8.12. The van der Waals surface area contributed by atoms with Crippen LogP contribution in [0.4, 0.5) is 11.4 Å². The van der Waals surface area contributed by atoms with E-state index in [0.717, 1.165) is 5.56 Å². The van der Waals surface area contributed by atoms with E-state index in [1.54, 1.807) is 24.3 Å². The molecule has 132 valence electrons. The fraction of sp³-hybridized carbons (Fsp3) is 0.263. The molecule has 0 fully saturated rings. The second kappa shape index (κ2) is 8.84. The molecule has 0 atom stereocenters. The number of nitrogens with two attached hydrogens (primary N) is 1. The molecule has 2 amide bonds. The summed E-state index contributed by atoms with van der Waals surface area (Å²) in [7, 11) is 1.51. The molecule has 0 aliphatic carbocycles. The third-order valence-electron chi connectivity index (χ3n) is 3.62. The van der Waals surface area contributed by atoms with Crippen LogP contribution < -0.4 is 21.1 Å². The quantitative estimate of drug-likeness (QED) is 0.722. The number of carbonyl (C=O) groups is 2. The molecule has 0 aromatic heterocycles. The molecule has 0 bridgehead atoms. The van der Waals surface area contributed by atoms with Crippen molar-refractivity contribution < 1.29 is 14.3 Å². The number of hydrogen-bond donors (Lipinski definition) is 3. The number of amides is 2. The van der Waals surface area contributed by atoms with Crippen molar-refractivity contribution in [3.63, 3.8) is 0 Å². The molecule has 0 saturated heterocycles. The summed E-state index contributed by atoms with van der Waals surface area (Å²) in [5, 5.41) is 5.61. The summed E-state index contributed by atoms with van der Waals surface area (Å²) in [5.74, 6) is 0.142. The maximum absolute atomic E-state index is 12.4. The Kier molecular flexibility index (Phi) is 6.54. The first-order valence-electron chi connectivity index (χ1n) is 8.09. The van der Waals surface area contributed by atoms with Crippen LogP contribution in [-0.2, 0) is 4.79 Å². The largest absolute Gasteiger partial charge is 0.494 e. The first-order valence-corrected chi connectivity index (χ1v) is 8.09. The Labute approximate surface area is 147 Å². The van der Waals surface area contributed by atoms with Crippen molar-refractivity contribution in [3.8, 4) is 5.75 Å². The molecule has 4 N–H and O–H groups in total. The highest BCUT2D eigenvalue weighted by Gasteiger charge is 2.11. The lowest BCUT2D eigenvalue weighted by Crippen LogP contribution is -2.15. The molecular formula is C19H23N3O3. The summed E-state index contributed by atoms with van der Waals surface area (Å²) in [6.07, 6.45) is 0.998. The predicted molar refractivity (Wildman–Crippen MR) is 99.0 cm³/mol. The Morgan fingerprint density at radius 2 is 1.92 bits per heavy atom. The number of nitrogens with one attached hydrogen (secondary N) is 2. The fourth-order valence-corrected chi connectivity index (χ4v) is 2.34. The van der Waals surface area contributed by atoms with Gasteiger partial charge in [-0.1, -0.05) is 17.7 Å². The lowest BCUT2D eigenvalue weighted by Gasteiger charge is -2.13. The van der Waals surface area contributed by atoms with Crippen LogP contribution in [0.2, 0.25) is 0 Å². The van der Waals surface area contributed by atoms with Gasteiger partial charge in [0.25, 0.3) is 5.91 Å². The van der Waals surface area contributed by atoms with Crippen LogP contribution in [0.1, 0.15) is 28.8 Å². The third-order valence-corrected chi connectivity index (χ3v) is 3.62. The van der Waals surface area contributed by atoms with Gasteiger partial charge in [-0.25, -0.2) is 0 Å². The van der Waals surface area contributed by atoms with Gasteiger partial charge in [-0.2, -0.15) is 0 Å². The van der Waals surface area contributed by atoms with E-state index in [1.807, 2.05) is 25.1 Å². The van der Waals surface area contributed by atoms with Crippen LogP contribution >= 0.6 is 0 Å². The molecule has 0 radical (unpaired) electrons. The standard InChI is InChI=1S/C19H23N3O3/c1-13-5-3-6-14(11-13)19(24)22-16-9-8-15(12-17(16)25-2)21-18(23)7-4-10-20/h3,5-6,8-9,11-12H,4,7,10,20H2,1-2H3,(H,21,23)(H,22,24). The van der Waals surface area contributed by atoms with Gasteiger partial charge in [0, 0.05) is 23.7 Å². The van der Waals surface area contributed by atoms with E-state index >= 15 is 0 Å². The zero-order chi connectivity index (χ0) is 18.2. The van der Waals surface area contributed by atoms with Crippen LogP contribution in [-0.4, -0.2) is 25.5 Å². The van der Waals surface area contributed by atoms with E-state index in [-0.39, 0.29) is 11.8 Å². The second-order valence-electron chi connectivity index (χ2n) is 5.68. The van der Waals surface area contributed by atoms with E-state index in [0.29, 0.717) is 42.1 Å². The van der Waals surface area contributed by atoms with Crippen molar-refractivity contribution in [1.82, 2.24) is 0 Å². The number of rotatable bonds is 7. The second-order valence-corrected chi connectivity index (χ2v) is 5.68. The molecular weight excluding hydrogens is 318 g/mol. The molecule has 0 aliphatic heterocycles. The lowest BCUT2D eigenvalue weighted by molar-refractivity contribution is -0.116. The summed E-state index contributed by atoms with van der Waals surface area (Å²) in [6.45, 7) is 2.40. The average molecular weight is 341 g/mol. The molecule has 2 rings (SSSR count). The van der Waals surface area contributed by atoms with Crippen LogP contribution in [0.15, 0.2) is 42.5 Å². The lowest BCUT2D eigenvalue weighted by atomic mass is 10.1. The molecule has 0 spiro atoms. The van der Waals surface area contributed by atoms with Crippen molar-refractivity contribution in [2.45, 2.75) is 19.8 Å². The van der Waals surface area contributed by atoms with Crippen LogP contribution in [0.25, 0.3) is 0 Å². The Bertz CT molecular complexity index is 759. The highest BCUT2D eigenvalue weighted by Crippen LogP contribution is 2.28. The number of hydrogen-bond acceptors (Lipinski definition) is 4. The van der Waals surface area contributed by atoms with Crippen molar-refractivity contribution in [3.05, 3.63) is 53.6 Å². The van der Waals surface area contributed by atoms with Crippen molar-refractivity contribution in [2.24, 2.45) is 5.73 Å². The van der Waals surface area contributed by atoms with Gasteiger partial charge in [-0.15, -0.1) is 0 Å². The molecule has 0 saturated carbocycles. The van der Waals surface area contributed by atoms with Gasteiger partial charge in [-0.05, 0) is 44.2 Å². The fourth-order valence-electron chi connectivity index (χ4n) is 2.34. The normalized spacial score (nSPS) is 10.2. The number of aryl methyl sites for hydroxylation is 1. The van der Waals surface area contributed by atoms with Crippen molar-refractivity contribution >= 4 is 23.2 Å². The zero-order valence-electron chi connectivity index (χ0n) is 14.5. The first-order chi connectivity index (χ1) is 12.0.